The molecule has 17 heavy (non-hydrogen) atoms. The van der Waals surface area contributed by atoms with E-state index in [2.05, 4.69) is 33.5 Å². The zero-order chi connectivity index (χ0) is 12.1. The molecule has 0 radical (unpaired) electrons. The minimum absolute atomic E-state index is 0.603. The van der Waals surface area contributed by atoms with Crippen LogP contribution in [-0.2, 0) is 0 Å². The number of nitriles is 1. The molecule has 0 saturated carbocycles. The molecule has 0 bridgehead atoms. The van der Waals surface area contributed by atoms with Crippen molar-refractivity contribution in [3.05, 3.63) is 29.8 Å². The number of aromatic nitrogens is 3. The van der Waals surface area contributed by atoms with Crippen LogP contribution < -0.4 is 5.32 Å². The topological polar surface area (TPSA) is 77.4 Å². The predicted octanol–water partition coefficient (Wildman–Crippen LogP) is 2.17. The highest BCUT2D eigenvalue weighted by molar-refractivity contribution is 5.57. The number of nitrogens with zero attached hydrogens (tertiary/aromatic N) is 3. The third kappa shape index (κ3) is 2.61. The zero-order valence-corrected chi connectivity index (χ0v) is 9.57. The van der Waals surface area contributed by atoms with Gasteiger partial charge in [0, 0.05) is 12.1 Å². The maximum Gasteiger partial charge on any atom is 0.242 e. The highest BCUT2D eigenvalue weighted by Crippen LogP contribution is 2.16. The van der Waals surface area contributed by atoms with Gasteiger partial charge in [-0.25, -0.2) is 0 Å². The maximum atomic E-state index is 8.70. The van der Waals surface area contributed by atoms with E-state index in [1.54, 1.807) is 12.1 Å². The minimum Gasteiger partial charge on any atom is -0.353 e. The average molecular weight is 227 g/mol. The van der Waals surface area contributed by atoms with Gasteiger partial charge in [-0.1, -0.05) is 6.92 Å². The van der Waals surface area contributed by atoms with E-state index >= 15 is 0 Å². The summed E-state index contributed by atoms with van der Waals surface area (Å²) in [5.74, 6) is 1.30. The first kappa shape index (κ1) is 11.1. The molecule has 0 spiro atoms. The minimum atomic E-state index is 0.603. The molecule has 2 N–H and O–H groups in total. The van der Waals surface area contributed by atoms with Crippen LogP contribution in [0.1, 0.15) is 18.9 Å². The molecule has 0 aliphatic rings. The maximum absolute atomic E-state index is 8.70. The fourth-order valence-corrected chi connectivity index (χ4v) is 1.41. The van der Waals surface area contributed by atoms with Gasteiger partial charge in [0.15, 0.2) is 5.82 Å². The van der Waals surface area contributed by atoms with Crippen molar-refractivity contribution in [1.82, 2.24) is 15.2 Å². The van der Waals surface area contributed by atoms with E-state index in [4.69, 9.17) is 5.26 Å². The Morgan fingerprint density at radius 2 is 2.12 bits per heavy atom. The summed E-state index contributed by atoms with van der Waals surface area (Å²) in [6.07, 6.45) is 1.03. The fraction of sp³-hybridized carbons (Fsp3) is 0.250. The van der Waals surface area contributed by atoms with Crippen molar-refractivity contribution in [3.8, 4) is 17.5 Å². The van der Waals surface area contributed by atoms with E-state index in [9.17, 15) is 0 Å². The summed E-state index contributed by atoms with van der Waals surface area (Å²) in [5, 5.41) is 18.7. The summed E-state index contributed by atoms with van der Waals surface area (Å²) in [4.78, 5) is 4.31. The molecule has 0 fully saturated rings. The summed E-state index contributed by atoms with van der Waals surface area (Å²) in [5.41, 5.74) is 1.55. The normalized spacial score (nSPS) is 9.88. The lowest BCUT2D eigenvalue weighted by molar-refractivity contribution is 0.954. The summed E-state index contributed by atoms with van der Waals surface area (Å²) in [6.45, 7) is 2.94. The van der Waals surface area contributed by atoms with Crippen molar-refractivity contribution in [2.75, 3.05) is 11.9 Å². The SMILES string of the molecule is CCCNc1n[nH]c(-c2ccc(C#N)cc2)n1. The molecule has 86 valence electrons. The van der Waals surface area contributed by atoms with Crippen molar-refractivity contribution in [2.45, 2.75) is 13.3 Å². The lowest BCUT2D eigenvalue weighted by Gasteiger charge is -1.96. The van der Waals surface area contributed by atoms with E-state index in [1.165, 1.54) is 0 Å². The van der Waals surface area contributed by atoms with Crippen molar-refractivity contribution in [1.29, 1.82) is 5.26 Å². The van der Waals surface area contributed by atoms with Gasteiger partial charge in [0.25, 0.3) is 0 Å². The Labute approximate surface area is 99.5 Å². The number of rotatable bonds is 4. The second-order valence-electron chi connectivity index (χ2n) is 3.62. The molecule has 0 aliphatic carbocycles. The van der Waals surface area contributed by atoms with Gasteiger partial charge in [0.2, 0.25) is 5.95 Å². The first-order chi connectivity index (χ1) is 8.33. The van der Waals surface area contributed by atoms with Crippen molar-refractivity contribution < 1.29 is 0 Å². The van der Waals surface area contributed by atoms with Crippen molar-refractivity contribution in [3.63, 3.8) is 0 Å². The zero-order valence-electron chi connectivity index (χ0n) is 9.57. The summed E-state index contributed by atoms with van der Waals surface area (Å²) < 4.78 is 0. The quantitative estimate of drug-likeness (QED) is 0.839. The molecule has 0 unspecified atom stereocenters. The second-order valence-corrected chi connectivity index (χ2v) is 3.62. The Morgan fingerprint density at radius 3 is 2.76 bits per heavy atom. The van der Waals surface area contributed by atoms with Gasteiger partial charge in [-0.2, -0.15) is 10.2 Å². The Bertz CT molecular complexity index is 521. The van der Waals surface area contributed by atoms with Gasteiger partial charge in [0.1, 0.15) is 0 Å². The molecule has 1 aromatic carbocycles. The third-order valence-corrected chi connectivity index (χ3v) is 2.31. The van der Waals surface area contributed by atoms with Gasteiger partial charge in [0.05, 0.1) is 11.6 Å². The standard InChI is InChI=1S/C12H13N5/c1-2-7-14-12-15-11(16-17-12)10-5-3-9(8-13)4-6-10/h3-6H,2,7H2,1H3,(H2,14,15,16,17). The van der Waals surface area contributed by atoms with Gasteiger partial charge < -0.3 is 5.32 Å². The van der Waals surface area contributed by atoms with Crippen LogP contribution in [0.5, 0.6) is 0 Å². The van der Waals surface area contributed by atoms with E-state index in [1.807, 2.05) is 12.1 Å². The largest absolute Gasteiger partial charge is 0.353 e. The first-order valence-corrected chi connectivity index (χ1v) is 5.50. The Kier molecular flexibility index (Phi) is 3.36. The smallest absolute Gasteiger partial charge is 0.242 e. The van der Waals surface area contributed by atoms with Crippen LogP contribution in [0.4, 0.5) is 5.95 Å². The van der Waals surface area contributed by atoms with Crippen LogP contribution in [0.15, 0.2) is 24.3 Å². The number of aromatic amines is 1. The average Bonchev–Trinajstić information content (AvgIpc) is 2.85. The number of anilines is 1. The lowest BCUT2D eigenvalue weighted by atomic mass is 10.1. The van der Waals surface area contributed by atoms with E-state index < -0.39 is 0 Å². The summed E-state index contributed by atoms with van der Waals surface area (Å²) >= 11 is 0. The van der Waals surface area contributed by atoms with Crippen LogP contribution in [0.3, 0.4) is 0 Å². The number of nitrogens with one attached hydrogen (secondary N) is 2. The monoisotopic (exact) mass is 227 g/mol. The van der Waals surface area contributed by atoms with Crippen LogP contribution in [-0.4, -0.2) is 21.7 Å². The van der Waals surface area contributed by atoms with Crippen LogP contribution in [0.25, 0.3) is 11.4 Å². The number of hydrogen-bond acceptors (Lipinski definition) is 4. The Morgan fingerprint density at radius 1 is 1.35 bits per heavy atom. The molecule has 1 heterocycles. The molecule has 2 rings (SSSR count). The number of H-pyrrole nitrogens is 1. The van der Waals surface area contributed by atoms with E-state index in [0.717, 1.165) is 18.5 Å². The summed E-state index contributed by atoms with van der Waals surface area (Å²) in [6, 6.07) is 9.30. The molecule has 0 amide bonds. The number of hydrogen-bond donors (Lipinski definition) is 2. The molecular weight excluding hydrogens is 214 g/mol. The Hall–Kier alpha value is -2.35. The molecule has 2 aromatic rings. The van der Waals surface area contributed by atoms with Gasteiger partial charge in [-0.15, -0.1) is 5.10 Å². The van der Waals surface area contributed by atoms with Gasteiger partial charge in [-0.05, 0) is 30.7 Å². The Balaban J connectivity index is 2.16. The molecule has 0 aliphatic heterocycles. The summed E-state index contributed by atoms with van der Waals surface area (Å²) in [7, 11) is 0. The molecule has 0 atom stereocenters. The van der Waals surface area contributed by atoms with Crippen molar-refractivity contribution >= 4 is 5.95 Å². The predicted molar refractivity (Wildman–Crippen MR) is 65.3 cm³/mol. The van der Waals surface area contributed by atoms with Gasteiger partial charge >= 0.3 is 0 Å². The highest BCUT2D eigenvalue weighted by atomic mass is 15.3. The molecule has 5 nitrogen and oxygen atoms in total. The van der Waals surface area contributed by atoms with Crippen molar-refractivity contribution in [2.24, 2.45) is 0 Å². The molecule has 0 saturated heterocycles. The van der Waals surface area contributed by atoms with Crippen LogP contribution in [0, 0.1) is 11.3 Å². The molecule has 1 aromatic heterocycles. The van der Waals surface area contributed by atoms with Gasteiger partial charge in [-0.3, -0.25) is 5.10 Å². The van der Waals surface area contributed by atoms with E-state index in [0.29, 0.717) is 17.3 Å². The first-order valence-electron chi connectivity index (χ1n) is 5.50. The number of benzene rings is 1. The fourth-order valence-electron chi connectivity index (χ4n) is 1.41. The highest BCUT2D eigenvalue weighted by Gasteiger charge is 2.04. The van der Waals surface area contributed by atoms with Crippen LogP contribution >= 0.6 is 0 Å². The van der Waals surface area contributed by atoms with E-state index in [-0.39, 0.29) is 0 Å². The lowest BCUT2D eigenvalue weighted by Crippen LogP contribution is -2.00. The third-order valence-electron chi connectivity index (χ3n) is 2.31. The molecule has 5 heteroatoms. The van der Waals surface area contributed by atoms with Crippen LogP contribution in [0.2, 0.25) is 0 Å². The second kappa shape index (κ2) is 5.12. The molecular formula is C12H13N5.